The average molecular weight is 370 g/mol. The second-order valence-corrected chi connectivity index (χ2v) is 7.93. The van der Waals surface area contributed by atoms with Gasteiger partial charge in [0.2, 0.25) is 5.91 Å². The van der Waals surface area contributed by atoms with Gasteiger partial charge in [-0.15, -0.1) is 0 Å². The zero-order valence-electron chi connectivity index (χ0n) is 17.1. The molecule has 2 rings (SSSR count). The molecule has 2 aromatic rings. The highest BCUT2D eigenvalue weighted by Crippen LogP contribution is 2.27. The Balaban J connectivity index is 1.67. The molecular formula is C22H31N3O2. The minimum Gasteiger partial charge on any atom is -0.493 e. The normalized spacial score (nSPS) is 11.3. The van der Waals surface area contributed by atoms with Crippen molar-refractivity contribution in [1.82, 2.24) is 15.3 Å². The van der Waals surface area contributed by atoms with E-state index in [4.69, 9.17) is 4.74 Å². The standard InChI is InChI=1S/C22H31N3O2/c1-16-13-18(22(3,4)5)8-9-20(16)27-12-6-7-21(26)24-11-10-19-15-23-14-17(2)25-19/h8-9,13-15H,6-7,10-12H2,1-5H3,(H,24,26). The average Bonchev–Trinajstić information content (AvgIpc) is 2.59. The summed E-state index contributed by atoms with van der Waals surface area (Å²) in [6.07, 6.45) is 5.30. The zero-order chi connectivity index (χ0) is 19.9. The van der Waals surface area contributed by atoms with Crippen LogP contribution in [-0.2, 0) is 16.6 Å². The minimum atomic E-state index is 0.0408. The number of carbonyl (C=O) groups excluding carboxylic acids is 1. The first kappa shape index (κ1) is 20.9. The van der Waals surface area contributed by atoms with E-state index in [-0.39, 0.29) is 11.3 Å². The number of ether oxygens (including phenoxy) is 1. The number of aryl methyl sites for hydroxylation is 2. The Hall–Kier alpha value is -2.43. The molecule has 1 heterocycles. The molecule has 0 unspecified atom stereocenters. The highest BCUT2D eigenvalue weighted by molar-refractivity contribution is 5.75. The van der Waals surface area contributed by atoms with Crippen LogP contribution in [0.2, 0.25) is 0 Å². The van der Waals surface area contributed by atoms with E-state index in [1.54, 1.807) is 12.4 Å². The lowest BCUT2D eigenvalue weighted by atomic mass is 9.86. The van der Waals surface area contributed by atoms with Crippen molar-refractivity contribution < 1.29 is 9.53 Å². The van der Waals surface area contributed by atoms with Gasteiger partial charge in [-0.1, -0.05) is 32.9 Å². The predicted molar refractivity (Wildman–Crippen MR) is 108 cm³/mol. The first-order valence-corrected chi connectivity index (χ1v) is 9.54. The van der Waals surface area contributed by atoms with Gasteiger partial charge in [0, 0.05) is 31.8 Å². The fraction of sp³-hybridized carbons (Fsp3) is 0.500. The topological polar surface area (TPSA) is 64.1 Å². The van der Waals surface area contributed by atoms with Crippen molar-refractivity contribution in [3.8, 4) is 5.75 Å². The third-order valence-electron chi connectivity index (χ3n) is 4.35. The maximum absolute atomic E-state index is 11.9. The van der Waals surface area contributed by atoms with Crippen molar-refractivity contribution in [3.63, 3.8) is 0 Å². The van der Waals surface area contributed by atoms with E-state index in [0.717, 1.165) is 22.7 Å². The van der Waals surface area contributed by atoms with Gasteiger partial charge in [0.05, 0.1) is 18.0 Å². The Morgan fingerprint density at radius 2 is 1.96 bits per heavy atom. The minimum absolute atomic E-state index is 0.0408. The molecule has 0 aliphatic rings. The Labute approximate surface area is 162 Å². The van der Waals surface area contributed by atoms with Gasteiger partial charge in [0.15, 0.2) is 0 Å². The van der Waals surface area contributed by atoms with Gasteiger partial charge in [-0.3, -0.25) is 14.8 Å². The zero-order valence-corrected chi connectivity index (χ0v) is 17.1. The maximum Gasteiger partial charge on any atom is 0.220 e. The van der Waals surface area contributed by atoms with Crippen LogP contribution in [0.15, 0.2) is 30.6 Å². The molecule has 5 heteroatoms. The smallest absolute Gasteiger partial charge is 0.220 e. The number of amides is 1. The summed E-state index contributed by atoms with van der Waals surface area (Å²) in [6, 6.07) is 6.32. The molecule has 1 aromatic carbocycles. The summed E-state index contributed by atoms with van der Waals surface area (Å²) in [5.74, 6) is 0.931. The molecule has 0 atom stereocenters. The first-order chi connectivity index (χ1) is 12.8. The van der Waals surface area contributed by atoms with Crippen LogP contribution in [0.25, 0.3) is 0 Å². The Morgan fingerprint density at radius 3 is 2.63 bits per heavy atom. The lowest BCUT2D eigenvalue weighted by Crippen LogP contribution is -2.26. The molecule has 0 saturated heterocycles. The summed E-state index contributed by atoms with van der Waals surface area (Å²) in [5.41, 5.74) is 4.34. The number of nitrogens with zero attached hydrogens (tertiary/aromatic N) is 2. The lowest BCUT2D eigenvalue weighted by molar-refractivity contribution is -0.121. The Bertz CT molecular complexity index is 766. The Morgan fingerprint density at radius 1 is 1.19 bits per heavy atom. The van der Waals surface area contributed by atoms with Crippen LogP contribution in [0, 0.1) is 13.8 Å². The van der Waals surface area contributed by atoms with E-state index in [1.165, 1.54) is 5.56 Å². The molecule has 0 spiro atoms. The number of rotatable bonds is 8. The molecule has 0 fully saturated rings. The SMILES string of the molecule is Cc1cncc(CCNC(=O)CCCOc2ccc(C(C)(C)C)cc2C)n1. The van der Waals surface area contributed by atoms with Crippen molar-refractivity contribution in [2.45, 2.75) is 59.3 Å². The molecule has 0 radical (unpaired) electrons. The van der Waals surface area contributed by atoms with E-state index in [0.29, 0.717) is 32.4 Å². The number of hydrogen-bond donors (Lipinski definition) is 1. The molecule has 0 aliphatic heterocycles. The van der Waals surface area contributed by atoms with Crippen LogP contribution in [0.5, 0.6) is 5.75 Å². The van der Waals surface area contributed by atoms with Crippen LogP contribution >= 0.6 is 0 Å². The van der Waals surface area contributed by atoms with Crippen LogP contribution in [0.3, 0.4) is 0 Å². The summed E-state index contributed by atoms with van der Waals surface area (Å²) in [5, 5.41) is 2.92. The number of hydrogen-bond acceptors (Lipinski definition) is 4. The van der Waals surface area contributed by atoms with Crippen molar-refractivity contribution >= 4 is 5.91 Å². The van der Waals surface area contributed by atoms with Crippen molar-refractivity contribution in [1.29, 1.82) is 0 Å². The molecule has 146 valence electrons. The molecule has 0 bridgehead atoms. The molecule has 1 N–H and O–H groups in total. The van der Waals surface area contributed by atoms with Crippen LogP contribution in [-0.4, -0.2) is 29.0 Å². The second kappa shape index (κ2) is 9.49. The van der Waals surface area contributed by atoms with Crippen molar-refractivity contribution in [2.75, 3.05) is 13.2 Å². The molecule has 27 heavy (non-hydrogen) atoms. The molecule has 1 amide bonds. The van der Waals surface area contributed by atoms with Crippen LogP contribution in [0.4, 0.5) is 0 Å². The molecular weight excluding hydrogens is 338 g/mol. The fourth-order valence-electron chi connectivity index (χ4n) is 2.75. The van der Waals surface area contributed by atoms with E-state index in [9.17, 15) is 4.79 Å². The maximum atomic E-state index is 11.9. The van der Waals surface area contributed by atoms with Gasteiger partial charge in [-0.25, -0.2) is 0 Å². The van der Waals surface area contributed by atoms with Crippen LogP contribution < -0.4 is 10.1 Å². The highest BCUT2D eigenvalue weighted by Gasteiger charge is 2.14. The summed E-state index contributed by atoms with van der Waals surface area (Å²) in [6.45, 7) is 11.7. The molecule has 1 aromatic heterocycles. The monoisotopic (exact) mass is 369 g/mol. The van der Waals surface area contributed by atoms with Crippen molar-refractivity contribution in [3.05, 3.63) is 53.1 Å². The summed E-state index contributed by atoms with van der Waals surface area (Å²) < 4.78 is 5.84. The number of benzene rings is 1. The van der Waals surface area contributed by atoms with E-state index in [2.05, 4.69) is 55.1 Å². The molecule has 0 aliphatic carbocycles. The van der Waals surface area contributed by atoms with Crippen LogP contribution in [0.1, 0.15) is 56.1 Å². The number of nitrogens with one attached hydrogen (secondary N) is 1. The summed E-state index contributed by atoms with van der Waals surface area (Å²) in [7, 11) is 0. The third kappa shape index (κ3) is 7.00. The van der Waals surface area contributed by atoms with Crippen molar-refractivity contribution in [2.24, 2.45) is 0 Å². The predicted octanol–water partition coefficient (Wildman–Crippen LogP) is 3.91. The molecule has 0 saturated carbocycles. The summed E-state index contributed by atoms with van der Waals surface area (Å²) in [4.78, 5) is 20.4. The molecule has 5 nitrogen and oxygen atoms in total. The first-order valence-electron chi connectivity index (χ1n) is 9.54. The summed E-state index contributed by atoms with van der Waals surface area (Å²) >= 11 is 0. The lowest BCUT2D eigenvalue weighted by Gasteiger charge is -2.20. The van der Waals surface area contributed by atoms with Gasteiger partial charge in [-0.2, -0.15) is 0 Å². The highest BCUT2D eigenvalue weighted by atomic mass is 16.5. The number of aromatic nitrogens is 2. The van der Waals surface area contributed by atoms with Gasteiger partial charge in [0.25, 0.3) is 0 Å². The van der Waals surface area contributed by atoms with Gasteiger partial charge >= 0.3 is 0 Å². The largest absolute Gasteiger partial charge is 0.493 e. The van der Waals surface area contributed by atoms with Gasteiger partial charge < -0.3 is 10.1 Å². The third-order valence-corrected chi connectivity index (χ3v) is 4.35. The van der Waals surface area contributed by atoms with E-state index < -0.39 is 0 Å². The van der Waals surface area contributed by atoms with E-state index in [1.807, 2.05) is 13.0 Å². The van der Waals surface area contributed by atoms with Gasteiger partial charge in [0.1, 0.15) is 5.75 Å². The fourth-order valence-corrected chi connectivity index (χ4v) is 2.75. The second-order valence-electron chi connectivity index (χ2n) is 7.93. The van der Waals surface area contributed by atoms with Gasteiger partial charge in [-0.05, 0) is 42.9 Å². The number of carbonyl (C=O) groups is 1. The Kier molecular flexibility index (Phi) is 7.34. The quantitative estimate of drug-likeness (QED) is 0.717. The van der Waals surface area contributed by atoms with E-state index >= 15 is 0 Å².